The van der Waals surface area contributed by atoms with Gasteiger partial charge in [-0.15, -0.1) is 0 Å². The zero-order chi connectivity index (χ0) is 15.6. The molecule has 23 heavy (non-hydrogen) atoms. The lowest BCUT2D eigenvalue weighted by atomic mass is 9.96. The van der Waals surface area contributed by atoms with Crippen molar-refractivity contribution in [3.63, 3.8) is 0 Å². The van der Waals surface area contributed by atoms with Crippen LogP contribution in [0.3, 0.4) is 0 Å². The molecule has 0 amide bonds. The predicted molar refractivity (Wildman–Crippen MR) is 84.6 cm³/mol. The Labute approximate surface area is 131 Å². The molecule has 0 fully saturated rings. The van der Waals surface area contributed by atoms with Gasteiger partial charge in [-0.25, -0.2) is 9.78 Å². The first-order valence-corrected chi connectivity index (χ1v) is 7.48. The lowest BCUT2D eigenvalue weighted by molar-refractivity contribution is 0.0594. The summed E-state index contributed by atoms with van der Waals surface area (Å²) in [7, 11) is 1.36. The molecule has 0 saturated heterocycles. The topological polar surface area (TPSA) is 65.7 Å². The number of nitrogens with zero attached hydrogens (tertiary/aromatic N) is 3. The number of hydrogen-bond acceptors (Lipinski definition) is 5. The van der Waals surface area contributed by atoms with Gasteiger partial charge in [0.15, 0.2) is 0 Å². The summed E-state index contributed by atoms with van der Waals surface area (Å²) in [4.78, 5) is 21.8. The summed E-state index contributed by atoms with van der Waals surface area (Å²) in [6.45, 7) is 1.36. The number of carbonyl (C=O) groups is 1. The maximum atomic E-state index is 12.0. The smallest absolute Gasteiger partial charge is 0.356 e. The molecule has 1 unspecified atom stereocenters. The van der Waals surface area contributed by atoms with Crippen LogP contribution < -0.4 is 0 Å². The molecule has 0 radical (unpaired) electrons. The van der Waals surface area contributed by atoms with Gasteiger partial charge >= 0.3 is 5.97 Å². The largest absolute Gasteiger partial charge is 0.464 e. The molecule has 6 nitrogen and oxygen atoms in total. The summed E-state index contributed by atoms with van der Waals surface area (Å²) in [5.74, 6) is -0.275. The van der Waals surface area contributed by atoms with Crippen LogP contribution >= 0.6 is 0 Å². The Kier molecular flexibility index (Phi) is 2.37. The van der Waals surface area contributed by atoms with Gasteiger partial charge < -0.3 is 14.1 Å². The van der Waals surface area contributed by atoms with E-state index in [9.17, 15) is 4.79 Å². The highest BCUT2D eigenvalue weighted by molar-refractivity contribution is 6.19. The summed E-state index contributed by atoms with van der Waals surface area (Å²) >= 11 is 0. The van der Waals surface area contributed by atoms with Crippen molar-refractivity contribution >= 4 is 33.5 Å². The number of carbonyl (C=O) groups excluding carboxylic acids is 1. The fourth-order valence-corrected chi connectivity index (χ4v) is 3.60. The van der Waals surface area contributed by atoms with Crippen LogP contribution in [-0.2, 0) is 16.1 Å². The average Bonchev–Trinajstić information content (AvgIpc) is 3.19. The molecule has 0 saturated carbocycles. The third-order valence-electron chi connectivity index (χ3n) is 4.61. The minimum atomic E-state index is -0.443. The van der Waals surface area contributed by atoms with Crippen LogP contribution in [0, 0.1) is 5.92 Å². The van der Waals surface area contributed by atoms with Crippen LogP contribution in [-0.4, -0.2) is 34.9 Å². The van der Waals surface area contributed by atoms with Gasteiger partial charge in [0.2, 0.25) is 0 Å². The maximum absolute atomic E-state index is 12.0. The summed E-state index contributed by atoms with van der Waals surface area (Å²) in [5.41, 5.74) is 4.01. The quantitative estimate of drug-likeness (QED) is 0.647. The number of esters is 1. The van der Waals surface area contributed by atoms with E-state index < -0.39 is 5.97 Å². The molecule has 4 heterocycles. The highest BCUT2D eigenvalue weighted by Crippen LogP contribution is 2.37. The van der Waals surface area contributed by atoms with Crippen molar-refractivity contribution in [1.82, 2.24) is 9.55 Å². The SMILES string of the molecule is COC(=O)c1cc2c3ccccc3n3c2c(n1)C1=NOCC1C3. The second-order valence-electron chi connectivity index (χ2n) is 5.84. The van der Waals surface area contributed by atoms with Gasteiger partial charge in [0.05, 0.1) is 18.5 Å². The van der Waals surface area contributed by atoms with Crippen molar-refractivity contribution < 1.29 is 14.4 Å². The number of aromatic nitrogens is 2. The van der Waals surface area contributed by atoms with E-state index in [1.807, 2.05) is 12.1 Å². The molecule has 2 aliphatic rings. The molecule has 6 heteroatoms. The van der Waals surface area contributed by atoms with E-state index in [4.69, 9.17) is 9.57 Å². The number of methoxy groups -OCH3 is 1. The van der Waals surface area contributed by atoms with E-state index in [-0.39, 0.29) is 5.92 Å². The Morgan fingerprint density at radius 3 is 3.09 bits per heavy atom. The Morgan fingerprint density at radius 2 is 2.22 bits per heavy atom. The molecule has 0 spiro atoms. The number of hydrogen-bond donors (Lipinski definition) is 0. The molecule has 5 rings (SSSR count). The number of fused-ring (bicyclic) bond motifs is 5. The first-order chi connectivity index (χ1) is 11.3. The van der Waals surface area contributed by atoms with Crippen molar-refractivity contribution in [2.24, 2.45) is 11.1 Å². The molecule has 0 aliphatic carbocycles. The van der Waals surface area contributed by atoms with E-state index in [0.29, 0.717) is 12.3 Å². The van der Waals surface area contributed by atoms with Gasteiger partial charge in [0, 0.05) is 22.8 Å². The number of ether oxygens (including phenoxy) is 1. The molecule has 0 bridgehead atoms. The number of para-hydroxylation sites is 1. The third kappa shape index (κ3) is 1.55. The zero-order valence-corrected chi connectivity index (χ0v) is 12.4. The first kappa shape index (κ1) is 12.6. The van der Waals surface area contributed by atoms with Crippen molar-refractivity contribution in [3.8, 4) is 0 Å². The van der Waals surface area contributed by atoms with Crippen LogP contribution in [0.25, 0.3) is 21.8 Å². The number of benzene rings is 1. The van der Waals surface area contributed by atoms with E-state index in [2.05, 4.69) is 26.8 Å². The van der Waals surface area contributed by atoms with E-state index in [1.165, 1.54) is 7.11 Å². The second kappa shape index (κ2) is 4.32. The zero-order valence-electron chi connectivity index (χ0n) is 12.4. The molecular weight excluding hydrogens is 294 g/mol. The van der Waals surface area contributed by atoms with Crippen LogP contribution in [0.2, 0.25) is 0 Å². The fraction of sp³-hybridized carbons (Fsp3) is 0.235. The number of rotatable bonds is 1. The Bertz CT molecular complexity index is 1020. The lowest BCUT2D eigenvalue weighted by Crippen LogP contribution is -2.27. The highest BCUT2D eigenvalue weighted by Gasteiger charge is 2.35. The first-order valence-electron chi connectivity index (χ1n) is 7.48. The van der Waals surface area contributed by atoms with Crippen molar-refractivity contribution in [1.29, 1.82) is 0 Å². The Morgan fingerprint density at radius 1 is 1.35 bits per heavy atom. The Balaban J connectivity index is 1.96. The monoisotopic (exact) mass is 307 g/mol. The van der Waals surface area contributed by atoms with Gasteiger partial charge in [-0.05, 0) is 12.1 Å². The maximum Gasteiger partial charge on any atom is 0.356 e. The Hall–Kier alpha value is -2.89. The molecule has 114 valence electrons. The van der Waals surface area contributed by atoms with Crippen LogP contribution in [0.1, 0.15) is 16.2 Å². The molecule has 1 atom stereocenters. The van der Waals surface area contributed by atoms with Gasteiger partial charge in [-0.3, -0.25) is 0 Å². The van der Waals surface area contributed by atoms with Crippen molar-refractivity contribution in [3.05, 3.63) is 41.7 Å². The van der Waals surface area contributed by atoms with E-state index >= 15 is 0 Å². The minimum Gasteiger partial charge on any atom is -0.464 e. The normalized spacial score (nSPS) is 18.7. The van der Waals surface area contributed by atoms with Crippen molar-refractivity contribution in [2.45, 2.75) is 6.54 Å². The summed E-state index contributed by atoms with van der Waals surface area (Å²) in [6, 6.07) is 9.99. The average molecular weight is 307 g/mol. The molecule has 2 aromatic heterocycles. The molecule has 2 aliphatic heterocycles. The van der Waals surface area contributed by atoms with Crippen molar-refractivity contribution in [2.75, 3.05) is 13.7 Å². The van der Waals surface area contributed by atoms with Gasteiger partial charge in [-0.1, -0.05) is 23.4 Å². The van der Waals surface area contributed by atoms with E-state index in [1.54, 1.807) is 6.07 Å². The standard InChI is InChI=1S/C17H13N3O3/c1-22-17(21)12-6-11-10-4-2-3-5-13(10)20-7-9-8-23-19-14(9)15(18-12)16(11)20/h2-6,9H,7-8H2,1H3. The molecule has 3 aromatic rings. The highest BCUT2D eigenvalue weighted by atomic mass is 16.6. The van der Waals surface area contributed by atoms with Crippen LogP contribution in [0.15, 0.2) is 35.5 Å². The summed E-state index contributed by atoms with van der Waals surface area (Å²) in [6.07, 6.45) is 0. The third-order valence-corrected chi connectivity index (χ3v) is 4.61. The van der Waals surface area contributed by atoms with Gasteiger partial charge in [0.1, 0.15) is 23.7 Å². The van der Waals surface area contributed by atoms with Crippen LogP contribution in [0.5, 0.6) is 0 Å². The summed E-state index contributed by atoms with van der Waals surface area (Å²) in [5, 5.41) is 6.28. The van der Waals surface area contributed by atoms with Gasteiger partial charge in [-0.2, -0.15) is 0 Å². The fourth-order valence-electron chi connectivity index (χ4n) is 3.60. The molecule has 0 N–H and O–H groups in total. The summed E-state index contributed by atoms with van der Waals surface area (Å²) < 4.78 is 7.11. The molecule has 1 aromatic carbocycles. The number of pyridine rings is 1. The lowest BCUT2D eigenvalue weighted by Gasteiger charge is -2.20. The second-order valence-corrected chi connectivity index (χ2v) is 5.84. The number of oxime groups is 1. The minimum absolute atomic E-state index is 0.168. The van der Waals surface area contributed by atoms with E-state index in [0.717, 1.165) is 39.8 Å². The van der Waals surface area contributed by atoms with Gasteiger partial charge in [0.25, 0.3) is 0 Å². The van der Waals surface area contributed by atoms with Crippen LogP contribution in [0.4, 0.5) is 0 Å². The predicted octanol–water partition coefficient (Wildman–Crippen LogP) is 2.34. The molecular formula is C17H13N3O3.